The number of rotatable bonds is 4. The third kappa shape index (κ3) is 3.60. The van der Waals surface area contributed by atoms with E-state index in [1.165, 1.54) is 23.8 Å². The lowest BCUT2D eigenvalue weighted by Crippen LogP contribution is -2.11. The van der Waals surface area contributed by atoms with Crippen LogP contribution in [0.25, 0.3) is 0 Å². The van der Waals surface area contributed by atoms with Crippen molar-refractivity contribution in [3.8, 4) is 11.5 Å². The molecule has 0 N–H and O–H groups in total. The smallest absolute Gasteiger partial charge is 0.306 e. The van der Waals surface area contributed by atoms with Crippen molar-refractivity contribution in [1.29, 1.82) is 0 Å². The highest BCUT2D eigenvalue weighted by Gasteiger charge is 2.29. The Balaban J connectivity index is 1.49. The first-order valence-electron chi connectivity index (χ1n) is 9.98. The molecule has 1 aliphatic carbocycles. The van der Waals surface area contributed by atoms with Crippen molar-refractivity contribution in [1.82, 2.24) is 0 Å². The highest BCUT2D eigenvalue weighted by atomic mass is 16.5. The van der Waals surface area contributed by atoms with Gasteiger partial charge in [0.1, 0.15) is 17.6 Å². The minimum atomic E-state index is -0.209. The normalized spacial score (nSPS) is 20.3. The van der Waals surface area contributed by atoms with Gasteiger partial charge in [-0.2, -0.15) is 0 Å². The lowest BCUT2D eigenvalue weighted by molar-refractivity contribution is -0.141. The number of carbonyl (C=O) groups is 1. The lowest BCUT2D eigenvalue weighted by atomic mass is 9.85. The van der Waals surface area contributed by atoms with Gasteiger partial charge in [-0.1, -0.05) is 45.0 Å². The zero-order valence-electron chi connectivity index (χ0n) is 17.1. The molecule has 0 saturated heterocycles. The van der Waals surface area contributed by atoms with Crippen molar-refractivity contribution in [2.75, 3.05) is 13.7 Å². The fourth-order valence-electron chi connectivity index (χ4n) is 4.12. The molecular weight excluding hydrogens is 352 g/mol. The molecule has 2 aromatic carbocycles. The Kier molecular flexibility index (Phi) is 4.82. The van der Waals surface area contributed by atoms with Gasteiger partial charge < -0.3 is 14.2 Å². The molecule has 0 fully saturated rings. The van der Waals surface area contributed by atoms with Gasteiger partial charge in [0.25, 0.3) is 0 Å². The second-order valence-electron chi connectivity index (χ2n) is 8.80. The van der Waals surface area contributed by atoms with E-state index in [9.17, 15) is 4.79 Å². The Bertz CT molecular complexity index is 894. The number of hydrogen-bond donors (Lipinski definition) is 0. The molecule has 4 rings (SSSR count). The maximum Gasteiger partial charge on any atom is 0.306 e. The average molecular weight is 380 g/mol. The molecule has 0 amide bonds. The van der Waals surface area contributed by atoms with Crippen LogP contribution in [0.3, 0.4) is 0 Å². The van der Waals surface area contributed by atoms with Gasteiger partial charge in [0.05, 0.1) is 20.1 Å². The van der Waals surface area contributed by atoms with Crippen LogP contribution in [0.4, 0.5) is 0 Å². The van der Waals surface area contributed by atoms with Crippen LogP contribution < -0.4 is 9.47 Å². The number of fused-ring (bicyclic) bond motifs is 2. The van der Waals surface area contributed by atoms with Crippen LogP contribution in [0.2, 0.25) is 0 Å². The van der Waals surface area contributed by atoms with Crippen molar-refractivity contribution < 1.29 is 19.0 Å². The number of aryl methyl sites for hydroxylation is 1. The van der Waals surface area contributed by atoms with Gasteiger partial charge in [-0.05, 0) is 41.0 Å². The molecule has 0 aromatic heterocycles. The summed E-state index contributed by atoms with van der Waals surface area (Å²) in [5, 5.41) is 0. The molecule has 2 atom stereocenters. The van der Waals surface area contributed by atoms with E-state index in [1.807, 2.05) is 18.2 Å². The Morgan fingerprint density at radius 3 is 2.68 bits per heavy atom. The predicted molar refractivity (Wildman–Crippen MR) is 108 cm³/mol. The van der Waals surface area contributed by atoms with Gasteiger partial charge in [-0.25, -0.2) is 0 Å². The van der Waals surface area contributed by atoms with E-state index in [0.717, 1.165) is 29.9 Å². The van der Waals surface area contributed by atoms with Crippen LogP contribution in [0.1, 0.15) is 67.9 Å². The fraction of sp³-hybridized carbons (Fsp3) is 0.458. The molecule has 0 unspecified atom stereocenters. The number of esters is 1. The summed E-state index contributed by atoms with van der Waals surface area (Å²) in [6, 6.07) is 12.7. The number of methoxy groups -OCH3 is 1. The standard InChI is InChI=1S/C24H28O4/c1-24(2,3)17-6-8-19-15(11-17)5-10-21(19)28-18-7-9-20-16(12-23(25)26-4)14-27-22(20)13-18/h6-9,11,13,16,21H,5,10,12,14H2,1-4H3/t16-,21-/m1/s1. The summed E-state index contributed by atoms with van der Waals surface area (Å²) >= 11 is 0. The van der Waals surface area contributed by atoms with Crippen LogP contribution in [-0.4, -0.2) is 19.7 Å². The van der Waals surface area contributed by atoms with Gasteiger partial charge >= 0.3 is 5.97 Å². The Morgan fingerprint density at radius 1 is 1.14 bits per heavy atom. The summed E-state index contributed by atoms with van der Waals surface area (Å²) in [5.41, 5.74) is 5.27. The molecule has 0 radical (unpaired) electrons. The Labute approximate surface area is 166 Å². The van der Waals surface area contributed by atoms with E-state index in [2.05, 4.69) is 39.0 Å². The molecule has 2 aliphatic rings. The van der Waals surface area contributed by atoms with Crippen LogP contribution in [0.5, 0.6) is 11.5 Å². The van der Waals surface area contributed by atoms with Crippen molar-refractivity contribution >= 4 is 5.97 Å². The Hall–Kier alpha value is -2.49. The zero-order chi connectivity index (χ0) is 19.9. The number of carbonyl (C=O) groups excluding carboxylic acids is 1. The minimum absolute atomic E-state index is 0.0551. The third-order valence-corrected chi connectivity index (χ3v) is 5.82. The highest BCUT2D eigenvalue weighted by molar-refractivity contribution is 5.71. The zero-order valence-corrected chi connectivity index (χ0v) is 17.1. The van der Waals surface area contributed by atoms with Gasteiger partial charge in [0.2, 0.25) is 0 Å². The number of hydrogen-bond acceptors (Lipinski definition) is 4. The van der Waals surface area contributed by atoms with Crippen LogP contribution in [0, 0.1) is 0 Å². The van der Waals surface area contributed by atoms with Crippen molar-refractivity contribution in [2.45, 2.75) is 57.5 Å². The minimum Gasteiger partial charge on any atom is -0.492 e. The van der Waals surface area contributed by atoms with Gasteiger partial charge in [0, 0.05) is 17.5 Å². The molecule has 0 bridgehead atoms. The molecule has 28 heavy (non-hydrogen) atoms. The molecule has 1 aliphatic heterocycles. The molecule has 0 saturated carbocycles. The maximum atomic E-state index is 11.6. The van der Waals surface area contributed by atoms with Gasteiger partial charge in [-0.15, -0.1) is 0 Å². The van der Waals surface area contributed by atoms with Crippen LogP contribution >= 0.6 is 0 Å². The van der Waals surface area contributed by atoms with Gasteiger partial charge in [-0.3, -0.25) is 4.79 Å². The predicted octanol–water partition coefficient (Wildman–Crippen LogP) is 5.09. The van der Waals surface area contributed by atoms with E-state index in [1.54, 1.807) is 0 Å². The van der Waals surface area contributed by atoms with Crippen molar-refractivity contribution in [3.63, 3.8) is 0 Å². The first-order chi connectivity index (χ1) is 13.3. The molecule has 2 aromatic rings. The summed E-state index contributed by atoms with van der Waals surface area (Å²) in [6.45, 7) is 7.25. The van der Waals surface area contributed by atoms with Crippen LogP contribution in [0.15, 0.2) is 36.4 Å². The van der Waals surface area contributed by atoms with E-state index >= 15 is 0 Å². The Morgan fingerprint density at radius 2 is 1.93 bits per heavy atom. The summed E-state index contributed by atoms with van der Waals surface area (Å²) in [5.74, 6) is 1.47. The lowest BCUT2D eigenvalue weighted by Gasteiger charge is -2.21. The van der Waals surface area contributed by atoms with E-state index in [0.29, 0.717) is 13.0 Å². The first kappa shape index (κ1) is 18.9. The summed E-state index contributed by atoms with van der Waals surface area (Å²) in [7, 11) is 1.42. The largest absolute Gasteiger partial charge is 0.492 e. The molecule has 148 valence electrons. The topological polar surface area (TPSA) is 44.8 Å². The van der Waals surface area contributed by atoms with E-state index < -0.39 is 0 Å². The quantitative estimate of drug-likeness (QED) is 0.693. The third-order valence-electron chi connectivity index (χ3n) is 5.82. The summed E-state index contributed by atoms with van der Waals surface area (Å²) in [4.78, 5) is 11.6. The van der Waals surface area contributed by atoms with Gasteiger partial charge in [0.15, 0.2) is 0 Å². The summed E-state index contributed by atoms with van der Waals surface area (Å²) in [6.07, 6.45) is 2.46. The van der Waals surface area contributed by atoms with E-state index in [4.69, 9.17) is 14.2 Å². The second kappa shape index (κ2) is 7.16. The number of benzene rings is 2. The highest BCUT2D eigenvalue weighted by Crippen LogP contribution is 2.41. The summed E-state index contributed by atoms with van der Waals surface area (Å²) < 4.78 is 16.9. The molecular formula is C24H28O4. The van der Waals surface area contributed by atoms with Crippen LogP contribution in [-0.2, 0) is 21.4 Å². The van der Waals surface area contributed by atoms with Crippen molar-refractivity contribution in [3.05, 3.63) is 58.7 Å². The average Bonchev–Trinajstić information content (AvgIpc) is 3.24. The first-order valence-corrected chi connectivity index (χ1v) is 9.98. The maximum absolute atomic E-state index is 11.6. The second-order valence-corrected chi connectivity index (χ2v) is 8.80. The fourth-order valence-corrected chi connectivity index (χ4v) is 4.12. The number of ether oxygens (including phenoxy) is 3. The van der Waals surface area contributed by atoms with Crippen molar-refractivity contribution in [2.24, 2.45) is 0 Å². The monoisotopic (exact) mass is 380 g/mol. The molecule has 1 heterocycles. The molecule has 4 nitrogen and oxygen atoms in total. The SMILES string of the molecule is COC(=O)C[C@@H]1COc2cc(O[C@@H]3CCc4cc(C(C)(C)C)ccc43)ccc21. The van der Waals surface area contributed by atoms with E-state index in [-0.39, 0.29) is 23.4 Å². The molecule has 0 spiro atoms. The molecule has 4 heteroatoms.